The molecule has 0 bridgehead atoms. The molecule has 0 unspecified atom stereocenters. The van der Waals surface area contributed by atoms with Gasteiger partial charge < -0.3 is 19.7 Å². The molecule has 2 aliphatic heterocycles. The average Bonchev–Trinajstić information content (AvgIpc) is 3.19. The van der Waals surface area contributed by atoms with Crippen LogP contribution in [-0.2, 0) is 15.0 Å². The number of nitrogens with one attached hydrogen (secondary N) is 1. The molecule has 1 aliphatic carbocycles. The van der Waals surface area contributed by atoms with Crippen molar-refractivity contribution in [1.29, 1.82) is 0 Å². The second-order valence-corrected chi connectivity index (χ2v) is 8.23. The summed E-state index contributed by atoms with van der Waals surface area (Å²) in [4.78, 5) is 26.7. The van der Waals surface area contributed by atoms with Crippen molar-refractivity contribution in [3.8, 4) is 5.75 Å². The minimum absolute atomic E-state index is 0.148. The number of fused-ring (bicyclic) bond motifs is 2. The van der Waals surface area contributed by atoms with E-state index in [1.807, 2.05) is 18.2 Å². The topological polar surface area (TPSA) is 58.6 Å². The first-order valence-corrected chi connectivity index (χ1v) is 9.75. The number of Topliss-reactive ketones (excluding diaryl/α,β-unsaturated/α-hetero) is 1. The SMILES string of the molecule is COc1ccc2c(c1)C1(CCC(N3CC[C@H](CC(C)=O)C3)CC1)C(=O)N2. The summed E-state index contributed by atoms with van der Waals surface area (Å²) in [6.45, 7) is 3.82. The zero-order valence-electron chi connectivity index (χ0n) is 15.7. The number of nitrogens with zero attached hydrogens (tertiary/aromatic N) is 1. The summed E-state index contributed by atoms with van der Waals surface area (Å²) in [6, 6.07) is 6.44. The number of carbonyl (C=O) groups excluding carboxylic acids is 2. The first-order chi connectivity index (χ1) is 12.5. The number of ether oxygens (including phenoxy) is 1. The molecule has 26 heavy (non-hydrogen) atoms. The summed E-state index contributed by atoms with van der Waals surface area (Å²) in [5.74, 6) is 1.78. The summed E-state index contributed by atoms with van der Waals surface area (Å²) < 4.78 is 5.38. The van der Waals surface area contributed by atoms with Gasteiger partial charge in [-0.1, -0.05) is 0 Å². The average molecular weight is 356 g/mol. The van der Waals surface area contributed by atoms with E-state index < -0.39 is 0 Å². The fourth-order valence-electron chi connectivity index (χ4n) is 5.24. The van der Waals surface area contributed by atoms with Crippen LogP contribution in [0.15, 0.2) is 18.2 Å². The van der Waals surface area contributed by atoms with Gasteiger partial charge in [-0.2, -0.15) is 0 Å². The number of amides is 1. The van der Waals surface area contributed by atoms with Gasteiger partial charge in [-0.05, 0) is 75.3 Å². The highest BCUT2D eigenvalue weighted by atomic mass is 16.5. The fourth-order valence-corrected chi connectivity index (χ4v) is 5.24. The second-order valence-electron chi connectivity index (χ2n) is 8.23. The summed E-state index contributed by atoms with van der Waals surface area (Å²) in [7, 11) is 1.67. The highest BCUT2D eigenvalue weighted by Crippen LogP contribution is 2.49. The van der Waals surface area contributed by atoms with Crippen molar-refractivity contribution in [2.75, 3.05) is 25.5 Å². The Morgan fingerprint density at radius 1 is 1.31 bits per heavy atom. The van der Waals surface area contributed by atoms with Crippen molar-refractivity contribution in [1.82, 2.24) is 4.90 Å². The van der Waals surface area contributed by atoms with Crippen molar-refractivity contribution < 1.29 is 14.3 Å². The lowest BCUT2D eigenvalue weighted by molar-refractivity contribution is -0.122. The molecule has 2 fully saturated rings. The van der Waals surface area contributed by atoms with Crippen LogP contribution >= 0.6 is 0 Å². The Kier molecular flexibility index (Phi) is 4.51. The summed E-state index contributed by atoms with van der Waals surface area (Å²) in [5, 5.41) is 3.08. The van der Waals surface area contributed by atoms with Crippen molar-refractivity contribution >= 4 is 17.4 Å². The number of benzene rings is 1. The van der Waals surface area contributed by atoms with Crippen molar-refractivity contribution in [3.63, 3.8) is 0 Å². The molecule has 1 aromatic rings. The molecule has 3 aliphatic rings. The van der Waals surface area contributed by atoms with Crippen LogP contribution in [0.5, 0.6) is 5.75 Å². The maximum Gasteiger partial charge on any atom is 0.235 e. The third kappa shape index (κ3) is 2.92. The number of ketones is 1. The van der Waals surface area contributed by atoms with E-state index in [-0.39, 0.29) is 11.3 Å². The van der Waals surface area contributed by atoms with Crippen LogP contribution in [0.3, 0.4) is 0 Å². The summed E-state index contributed by atoms with van der Waals surface area (Å²) >= 11 is 0. The lowest BCUT2D eigenvalue weighted by atomic mass is 9.68. The summed E-state index contributed by atoms with van der Waals surface area (Å²) in [6.07, 6.45) is 5.69. The van der Waals surface area contributed by atoms with Crippen LogP contribution in [0.25, 0.3) is 0 Å². The third-order valence-electron chi connectivity index (χ3n) is 6.64. The summed E-state index contributed by atoms with van der Waals surface area (Å²) in [5.41, 5.74) is 1.66. The number of hydrogen-bond acceptors (Lipinski definition) is 4. The van der Waals surface area contributed by atoms with E-state index in [1.54, 1.807) is 14.0 Å². The van der Waals surface area contributed by atoms with Crippen LogP contribution in [0, 0.1) is 5.92 Å². The molecule has 1 N–H and O–H groups in total. The zero-order chi connectivity index (χ0) is 18.3. The van der Waals surface area contributed by atoms with E-state index in [9.17, 15) is 9.59 Å². The Morgan fingerprint density at radius 3 is 2.77 bits per heavy atom. The third-order valence-corrected chi connectivity index (χ3v) is 6.64. The lowest BCUT2D eigenvalue weighted by Gasteiger charge is -2.39. The number of likely N-dealkylation sites (tertiary alicyclic amines) is 1. The second kappa shape index (κ2) is 6.69. The van der Waals surface area contributed by atoms with E-state index in [0.29, 0.717) is 24.2 Å². The van der Waals surface area contributed by atoms with E-state index in [0.717, 1.165) is 62.2 Å². The monoisotopic (exact) mass is 356 g/mol. The molecule has 1 saturated carbocycles. The minimum Gasteiger partial charge on any atom is -0.497 e. The van der Waals surface area contributed by atoms with Crippen LogP contribution in [-0.4, -0.2) is 42.8 Å². The van der Waals surface area contributed by atoms with E-state index >= 15 is 0 Å². The molecule has 1 atom stereocenters. The van der Waals surface area contributed by atoms with Gasteiger partial charge in [0, 0.05) is 24.7 Å². The molecule has 4 rings (SSSR count). The standard InChI is InChI=1S/C21H28N2O3/c1-14(24)11-15-7-10-23(13-15)16-5-8-21(9-6-16)18-12-17(26-2)3-4-19(18)22-20(21)25/h3-4,12,15-16H,5-11,13H2,1-2H3,(H,22,25)/t15-,16?,21?/m1/s1. The van der Waals surface area contributed by atoms with Crippen molar-refractivity contribution in [2.45, 2.75) is 56.9 Å². The van der Waals surface area contributed by atoms with Gasteiger partial charge in [0.05, 0.1) is 12.5 Å². The molecule has 1 saturated heterocycles. The van der Waals surface area contributed by atoms with Gasteiger partial charge in [-0.15, -0.1) is 0 Å². The Morgan fingerprint density at radius 2 is 2.08 bits per heavy atom. The van der Waals surface area contributed by atoms with Gasteiger partial charge in [0.1, 0.15) is 11.5 Å². The predicted octanol–water partition coefficient (Wildman–Crippen LogP) is 3.13. The Bertz CT molecular complexity index is 722. The molecule has 0 aromatic heterocycles. The highest BCUT2D eigenvalue weighted by molar-refractivity contribution is 6.06. The van der Waals surface area contributed by atoms with Crippen molar-refractivity contribution in [2.24, 2.45) is 5.92 Å². The zero-order valence-corrected chi connectivity index (χ0v) is 15.7. The van der Waals surface area contributed by atoms with Crippen LogP contribution in [0.2, 0.25) is 0 Å². The molecule has 0 radical (unpaired) electrons. The molecule has 2 heterocycles. The van der Waals surface area contributed by atoms with Crippen LogP contribution < -0.4 is 10.1 Å². The van der Waals surface area contributed by atoms with Gasteiger partial charge >= 0.3 is 0 Å². The molecule has 1 spiro atoms. The molecule has 1 aromatic carbocycles. The Balaban J connectivity index is 1.46. The maximum absolute atomic E-state index is 12.8. The van der Waals surface area contributed by atoms with E-state index in [1.165, 1.54) is 0 Å². The quantitative estimate of drug-likeness (QED) is 0.900. The number of methoxy groups -OCH3 is 1. The lowest BCUT2D eigenvalue weighted by Crippen LogP contribution is -2.44. The molecule has 5 nitrogen and oxygen atoms in total. The molecule has 1 amide bonds. The molecule has 140 valence electrons. The minimum atomic E-state index is -0.390. The predicted molar refractivity (Wildman–Crippen MR) is 101 cm³/mol. The number of hydrogen-bond donors (Lipinski definition) is 1. The largest absolute Gasteiger partial charge is 0.497 e. The van der Waals surface area contributed by atoms with Gasteiger partial charge in [0.2, 0.25) is 5.91 Å². The molecular formula is C21H28N2O3. The highest BCUT2D eigenvalue weighted by Gasteiger charge is 2.49. The fraction of sp³-hybridized carbons (Fsp3) is 0.619. The van der Waals surface area contributed by atoms with Crippen LogP contribution in [0.1, 0.15) is 51.0 Å². The van der Waals surface area contributed by atoms with Crippen LogP contribution in [0.4, 0.5) is 5.69 Å². The number of anilines is 1. The first-order valence-electron chi connectivity index (χ1n) is 9.75. The van der Waals surface area contributed by atoms with Gasteiger partial charge in [0.15, 0.2) is 0 Å². The first kappa shape index (κ1) is 17.5. The van der Waals surface area contributed by atoms with E-state index in [4.69, 9.17) is 4.74 Å². The van der Waals surface area contributed by atoms with Gasteiger partial charge in [-0.3, -0.25) is 4.79 Å². The molecular weight excluding hydrogens is 328 g/mol. The Hall–Kier alpha value is -1.88. The smallest absolute Gasteiger partial charge is 0.235 e. The van der Waals surface area contributed by atoms with Crippen molar-refractivity contribution in [3.05, 3.63) is 23.8 Å². The van der Waals surface area contributed by atoms with Gasteiger partial charge in [0.25, 0.3) is 0 Å². The van der Waals surface area contributed by atoms with E-state index in [2.05, 4.69) is 10.2 Å². The number of carbonyl (C=O) groups is 2. The normalized spacial score (nSPS) is 31.1. The van der Waals surface area contributed by atoms with Gasteiger partial charge in [-0.25, -0.2) is 0 Å². The maximum atomic E-state index is 12.8. The Labute approximate surface area is 155 Å². The number of rotatable bonds is 4. The molecule has 5 heteroatoms.